The molecule has 5 heterocycles. The van der Waals surface area contributed by atoms with Crippen molar-refractivity contribution in [1.82, 2.24) is 49.0 Å². The maximum Gasteiger partial charge on any atom is 0.164 e. The third-order valence-electron chi connectivity index (χ3n) is 17.0. The Balaban J connectivity index is 0.926. The van der Waals surface area contributed by atoms with E-state index in [1.165, 1.54) is 10.8 Å². The van der Waals surface area contributed by atoms with Gasteiger partial charge in [-0.25, -0.2) is 39.9 Å². The van der Waals surface area contributed by atoms with Crippen molar-refractivity contribution in [3.8, 4) is 125 Å². The van der Waals surface area contributed by atoms with Crippen molar-refractivity contribution in [2.24, 2.45) is 0 Å². The van der Waals surface area contributed by atoms with Crippen LogP contribution in [0.4, 0.5) is 0 Å². The van der Waals surface area contributed by atoms with E-state index in [1.54, 1.807) is 0 Å². The van der Waals surface area contributed by atoms with E-state index in [0.29, 0.717) is 40.8 Å². The molecule has 17 rings (SSSR count). The van der Waals surface area contributed by atoms with E-state index >= 15 is 0 Å². The number of hydrogen-bond acceptors (Lipinski definition) is 8. The fourth-order valence-electron chi connectivity index (χ4n) is 12.6. The summed E-state index contributed by atoms with van der Waals surface area (Å²) in [6.07, 6.45) is 0. The highest BCUT2D eigenvalue weighted by atomic mass is 15.1. The first-order chi connectivity index (χ1) is 45.6. The Bertz CT molecular complexity index is 5210. The molecule has 10 nitrogen and oxygen atoms in total. The molecule has 0 aliphatic heterocycles. The van der Waals surface area contributed by atoms with Crippen molar-refractivity contribution >= 4 is 43.6 Å². The Kier molecular flexibility index (Phi) is 13.3. The zero-order valence-corrected chi connectivity index (χ0v) is 49.5. The number of fused-ring (bicyclic) bond motifs is 6. The van der Waals surface area contributed by atoms with Crippen LogP contribution in [-0.4, -0.2) is 49.0 Å². The molecule has 0 saturated carbocycles. The van der Waals surface area contributed by atoms with Crippen LogP contribution in [0, 0.1) is 0 Å². The van der Waals surface area contributed by atoms with E-state index < -0.39 is 0 Å². The minimum atomic E-state index is 0.552. The Morgan fingerprint density at radius 1 is 0.185 bits per heavy atom. The van der Waals surface area contributed by atoms with Crippen LogP contribution in [0.2, 0.25) is 0 Å². The van der Waals surface area contributed by atoms with Gasteiger partial charge < -0.3 is 9.13 Å². The van der Waals surface area contributed by atoms with Crippen LogP contribution < -0.4 is 0 Å². The molecular formula is C82H52N10. The summed E-state index contributed by atoms with van der Waals surface area (Å²) >= 11 is 0. The Morgan fingerprint density at radius 2 is 0.522 bits per heavy atom. The lowest BCUT2D eigenvalue weighted by Crippen LogP contribution is -2.01. The number of rotatable bonds is 12. The van der Waals surface area contributed by atoms with Crippen LogP contribution >= 0.6 is 0 Å². The van der Waals surface area contributed by atoms with E-state index in [2.05, 4.69) is 179 Å². The van der Waals surface area contributed by atoms with Crippen molar-refractivity contribution in [3.63, 3.8) is 0 Å². The molecule has 0 fully saturated rings. The number of aromatic nitrogens is 10. The summed E-state index contributed by atoms with van der Waals surface area (Å²) in [7, 11) is 0. The van der Waals surface area contributed by atoms with Crippen LogP contribution in [-0.2, 0) is 0 Å². The summed E-state index contributed by atoms with van der Waals surface area (Å²) in [6, 6.07) is 109. The maximum atomic E-state index is 5.38. The SMILES string of the molecule is c1ccc(-c2cc(-c3ccc(-n4c5ccc(-c6nc(-c7ccccc7)nc(-c7ccccc7)n6)cc5c5cc(-c6nc(-c7ccccc7)nc(-c7ccccc7)n6)ccc54)c(-c4cccc(-n5c6ccccc6c6ccccc65)c4)c3)nc(-c3ccccc3)n2)cc1. The van der Waals surface area contributed by atoms with Gasteiger partial charge in [-0.2, -0.15) is 0 Å². The molecule has 0 radical (unpaired) electrons. The van der Waals surface area contributed by atoms with Gasteiger partial charge in [0.05, 0.1) is 39.1 Å². The van der Waals surface area contributed by atoms with Gasteiger partial charge in [0.1, 0.15) is 0 Å². The number of benzene rings is 12. The summed E-state index contributed by atoms with van der Waals surface area (Å²) in [4.78, 5) is 41.6. The lowest BCUT2D eigenvalue weighted by molar-refractivity contribution is 1.07. The van der Waals surface area contributed by atoms with Gasteiger partial charge in [0.25, 0.3) is 0 Å². The Morgan fingerprint density at radius 3 is 0.957 bits per heavy atom. The molecule has 0 atom stereocenters. The van der Waals surface area contributed by atoms with E-state index in [4.69, 9.17) is 39.9 Å². The highest BCUT2D eigenvalue weighted by Crippen LogP contribution is 2.43. The molecule has 430 valence electrons. The summed E-state index contributed by atoms with van der Waals surface area (Å²) < 4.78 is 4.77. The topological polar surface area (TPSA) is 113 Å². The molecule has 0 unspecified atom stereocenters. The van der Waals surface area contributed by atoms with Crippen molar-refractivity contribution in [3.05, 3.63) is 315 Å². The molecule has 0 aliphatic rings. The van der Waals surface area contributed by atoms with E-state index in [-0.39, 0.29) is 0 Å². The van der Waals surface area contributed by atoms with Crippen LogP contribution in [0.25, 0.3) is 168 Å². The third kappa shape index (κ3) is 9.81. The maximum absolute atomic E-state index is 5.38. The molecular weight excluding hydrogens is 1120 g/mol. The first-order valence-corrected chi connectivity index (χ1v) is 30.7. The molecule has 0 saturated heterocycles. The third-order valence-corrected chi connectivity index (χ3v) is 17.0. The van der Waals surface area contributed by atoms with E-state index in [1.807, 2.05) is 146 Å². The van der Waals surface area contributed by atoms with Gasteiger partial charge in [-0.05, 0) is 84.4 Å². The summed E-state index contributed by atoms with van der Waals surface area (Å²) in [5.41, 5.74) is 18.0. The Hall–Kier alpha value is -12.7. The molecule has 0 aliphatic carbocycles. The standard InChI is InChI=1S/C82H52N10/c1-7-24-53(25-8-1)69-52-70(84-76(83-69)54-26-9-2-10-27-54)60-42-45-73(66(49-60)59-36-23-37-63(48-59)91-71-40-21-19-38-64(71)65-39-20-22-41-72(65)91)92-74-46-43-61(81-87-77(55-28-11-3-12-29-55)85-78(88-81)56-30-13-4-14-31-56)50-67(74)68-51-62(44-47-75(68)92)82-89-79(57-32-15-5-16-33-57)86-80(90-82)58-34-17-6-18-35-58/h1-52H. The van der Waals surface area contributed by atoms with Crippen molar-refractivity contribution < 1.29 is 0 Å². The van der Waals surface area contributed by atoms with Gasteiger partial charge in [0.15, 0.2) is 40.8 Å². The van der Waals surface area contributed by atoms with Crippen molar-refractivity contribution in [2.75, 3.05) is 0 Å². The van der Waals surface area contributed by atoms with Gasteiger partial charge >= 0.3 is 0 Å². The average molecular weight is 1180 g/mol. The van der Waals surface area contributed by atoms with Gasteiger partial charge in [-0.1, -0.05) is 237 Å². The van der Waals surface area contributed by atoms with E-state index in [0.717, 1.165) is 117 Å². The van der Waals surface area contributed by atoms with Gasteiger partial charge in [0.2, 0.25) is 0 Å². The zero-order valence-electron chi connectivity index (χ0n) is 49.5. The van der Waals surface area contributed by atoms with Crippen LogP contribution in [0.3, 0.4) is 0 Å². The van der Waals surface area contributed by atoms with Crippen LogP contribution in [0.1, 0.15) is 0 Å². The normalized spacial score (nSPS) is 11.5. The van der Waals surface area contributed by atoms with Crippen molar-refractivity contribution in [1.29, 1.82) is 0 Å². The second kappa shape index (κ2) is 22.8. The molecule has 0 bridgehead atoms. The first-order valence-electron chi connectivity index (χ1n) is 30.7. The minimum Gasteiger partial charge on any atom is -0.309 e. The van der Waals surface area contributed by atoms with Gasteiger partial charge in [-0.15, -0.1) is 0 Å². The second-order valence-corrected chi connectivity index (χ2v) is 22.7. The highest BCUT2D eigenvalue weighted by molar-refractivity contribution is 6.12. The number of nitrogens with zero attached hydrogens (tertiary/aromatic N) is 10. The van der Waals surface area contributed by atoms with Crippen LogP contribution in [0.15, 0.2) is 315 Å². The molecule has 0 spiro atoms. The number of hydrogen-bond donors (Lipinski definition) is 0. The van der Waals surface area contributed by atoms with Crippen molar-refractivity contribution in [2.45, 2.75) is 0 Å². The van der Waals surface area contributed by atoms with Gasteiger partial charge in [-0.3, -0.25) is 0 Å². The second-order valence-electron chi connectivity index (χ2n) is 22.7. The monoisotopic (exact) mass is 1180 g/mol. The molecule has 12 aromatic carbocycles. The minimum absolute atomic E-state index is 0.552. The number of para-hydroxylation sites is 2. The lowest BCUT2D eigenvalue weighted by atomic mass is 9.97. The predicted molar refractivity (Wildman–Crippen MR) is 372 cm³/mol. The zero-order chi connectivity index (χ0) is 60.9. The quantitative estimate of drug-likeness (QED) is 0.119. The van der Waals surface area contributed by atoms with Crippen LogP contribution in [0.5, 0.6) is 0 Å². The van der Waals surface area contributed by atoms with Gasteiger partial charge in [0, 0.05) is 82.9 Å². The average Bonchev–Trinajstić information content (AvgIpc) is 1.77. The first kappa shape index (κ1) is 53.6. The highest BCUT2D eigenvalue weighted by Gasteiger charge is 2.23. The molecule has 0 N–H and O–H groups in total. The molecule has 5 aromatic heterocycles. The Labute approximate surface area is 529 Å². The summed E-state index contributed by atoms with van der Waals surface area (Å²) in [5.74, 6) is 4.08. The molecule has 92 heavy (non-hydrogen) atoms. The smallest absolute Gasteiger partial charge is 0.164 e. The largest absolute Gasteiger partial charge is 0.309 e. The molecule has 0 amide bonds. The fraction of sp³-hybridized carbons (Fsp3) is 0. The van der Waals surface area contributed by atoms with E-state index in [9.17, 15) is 0 Å². The molecule has 17 aromatic rings. The summed E-state index contributed by atoms with van der Waals surface area (Å²) in [6.45, 7) is 0. The summed E-state index contributed by atoms with van der Waals surface area (Å²) in [5, 5.41) is 4.35. The predicted octanol–water partition coefficient (Wildman–Crippen LogP) is 19.7. The fourth-order valence-corrected chi connectivity index (χ4v) is 12.6. The lowest BCUT2D eigenvalue weighted by Gasteiger charge is -2.18. The molecule has 10 heteroatoms.